The number of carbonyl (C=O) groups is 1. The minimum atomic E-state index is -0.120. The van der Waals surface area contributed by atoms with E-state index in [0.29, 0.717) is 28.4 Å². The topological polar surface area (TPSA) is 112 Å². The predicted molar refractivity (Wildman–Crippen MR) is 141 cm³/mol. The standard InChI is InChI=1S/C26H25ClN6O3/c1-15(34)20-14-29-22-4-3-16(17-10-21(27)25(35)23(11-17)36-2)9-19(22)24(20)32-18-12-30-26(31-13-18)33-7-5-28-6-8-33/h3-4,9-14,28,35H,5-8H2,1-2H3,(H,29,32). The highest BCUT2D eigenvalue weighted by molar-refractivity contribution is 6.32. The molecule has 2 aromatic carbocycles. The van der Waals surface area contributed by atoms with Gasteiger partial charge in [-0.05, 0) is 42.3 Å². The number of rotatable bonds is 6. The van der Waals surface area contributed by atoms with Crippen molar-refractivity contribution >= 4 is 45.6 Å². The van der Waals surface area contributed by atoms with Gasteiger partial charge in [0, 0.05) is 37.8 Å². The van der Waals surface area contributed by atoms with Gasteiger partial charge in [-0.1, -0.05) is 17.7 Å². The van der Waals surface area contributed by atoms with Gasteiger partial charge < -0.3 is 25.4 Å². The zero-order valence-corrected chi connectivity index (χ0v) is 20.6. The Hall–Kier alpha value is -3.95. The highest BCUT2D eigenvalue weighted by atomic mass is 35.5. The number of carbonyl (C=O) groups excluding carboxylic acids is 1. The van der Waals surface area contributed by atoms with Crippen LogP contribution in [0.1, 0.15) is 17.3 Å². The summed E-state index contributed by atoms with van der Waals surface area (Å²) < 4.78 is 5.26. The molecule has 0 spiro atoms. The SMILES string of the molecule is COc1cc(-c2ccc3ncc(C(C)=O)c(Nc4cnc(N5CCNCC5)nc4)c3c2)cc(Cl)c1O. The summed E-state index contributed by atoms with van der Waals surface area (Å²) in [5.41, 5.74) is 4.00. The lowest BCUT2D eigenvalue weighted by molar-refractivity contribution is 0.101. The molecule has 0 unspecified atom stereocenters. The van der Waals surface area contributed by atoms with Crippen LogP contribution in [0.4, 0.5) is 17.3 Å². The van der Waals surface area contributed by atoms with Crippen LogP contribution in [0.2, 0.25) is 5.02 Å². The Morgan fingerprint density at radius 1 is 1.08 bits per heavy atom. The van der Waals surface area contributed by atoms with Gasteiger partial charge in [-0.2, -0.15) is 0 Å². The van der Waals surface area contributed by atoms with E-state index in [9.17, 15) is 9.90 Å². The Balaban J connectivity index is 1.56. The number of Topliss-reactive ketones (excluding diaryl/α,β-unsaturated/α-hetero) is 1. The predicted octanol–water partition coefficient (Wildman–Crippen LogP) is 4.42. The average Bonchev–Trinajstić information content (AvgIpc) is 2.91. The van der Waals surface area contributed by atoms with E-state index >= 15 is 0 Å². The summed E-state index contributed by atoms with van der Waals surface area (Å²) in [6.45, 7) is 5.01. The fraction of sp³-hybridized carbons (Fsp3) is 0.231. The van der Waals surface area contributed by atoms with Crippen LogP contribution in [0.15, 0.2) is 48.9 Å². The summed E-state index contributed by atoms with van der Waals surface area (Å²) in [7, 11) is 1.47. The lowest BCUT2D eigenvalue weighted by atomic mass is 10.00. The summed E-state index contributed by atoms with van der Waals surface area (Å²) in [4.78, 5) is 28.2. The number of piperazine rings is 1. The molecule has 0 aliphatic carbocycles. The lowest BCUT2D eigenvalue weighted by Crippen LogP contribution is -2.44. The van der Waals surface area contributed by atoms with E-state index in [-0.39, 0.29) is 22.3 Å². The van der Waals surface area contributed by atoms with Crippen molar-refractivity contribution in [2.45, 2.75) is 6.92 Å². The molecule has 1 fully saturated rings. The number of aromatic nitrogens is 3. The fourth-order valence-electron chi connectivity index (χ4n) is 4.23. The Bertz CT molecular complexity index is 1440. The first-order chi connectivity index (χ1) is 17.4. The van der Waals surface area contributed by atoms with Crippen LogP contribution in [-0.2, 0) is 0 Å². The van der Waals surface area contributed by atoms with Gasteiger partial charge in [-0.3, -0.25) is 9.78 Å². The first-order valence-electron chi connectivity index (χ1n) is 11.5. The lowest BCUT2D eigenvalue weighted by Gasteiger charge is -2.27. The molecule has 36 heavy (non-hydrogen) atoms. The van der Waals surface area contributed by atoms with Crippen LogP contribution in [0.3, 0.4) is 0 Å². The van der Waals surface area contributed by atoms with E-state index in [1.54, 1.807) is 30.7 Å². The van der Waals surface area contributed by atoms with Gasteiger partial charge >= 0.3 is 0 Å². The molecule has 3 heterocycles. The maximum atomic E-state index is 12.5. The summed E-state index contributed by atoms with van der Waals surface area (Å²) >= 11 is 6.22. The number of anilines is 3. The van der Waals surface area contributed by atoms with Gasteiger partial charge in [0.1, 0.15) is 0 Å². The number of ketones is 1. The molecule has 5 rings (SSSR count). The number of fused-ring (bicyclic) bond motifs is 1. The van der Waals surface area contributed by atoms with Crippen molar-refractivity contribution in [1.29, 1.82) is 0 Å². The molecule has 3 N–H and O–H groups in total. The zero-order chi connectivity index (χ0) is 25.2. The molecule has 10 heteroatoms. The first kappa shape index (κ1) is 23.8. The van der Waals surface area contributed by atoms with Crippen molar-refractivity contribution in [2.24, 2.45) is 0 Å². The Labute approximate surface area is 213 Å². The molecule has 2 aromatic heterocycles. The number of methoxy groups -OCH3 is 1. The van der Waals surface area contributed by atoms with E-state index in [2.05, 4.69) is 30.5 Å². The number of nitrogens with zero attached hydrogens (tertiary/aromatic N) is 4. The number of aromatic hydroxyl groups is 1. The van der Waals surface area contributed by atoms with Crippen molar-refractivity contribution in [1.82, 2.24) is 20.3 Å². The average molecular weight is 505 g/mol. The molecule has 1 aliphatic heterocycles. The Kier molecular flexibility index (Phi) is 6.58. The summed E-state index contributed by atoms with van der Waals surface area (Å²) in [5, 5.41) is 17.7. The second kappa shape index (κ2) is 9.96. The second-order valence-corrected chi connectivity index (χ2v) is 8.88. The maximum absolute atomic E-state index is 12.5. The molecular weight excluding hydrogens is 480 g/mol. The van der Waals surface area contributed by atoms with Gasteiger partial charge in [-0.15, -0.1) is 0 Å². The third-order valence-electron chi connectivity index (χ3n) is 6.14. The molecular formula is C26H25ClN6O3. The third-order valence-corrected chi connectivity index (χ3v) is 6.42. The van der Waals surface area contributed by atoms with Gasteiger partial charge in [0.25, 0.3) is 0 Å². The Morgan fingerprint density at radius 3 is 2.53 bits per heavy atom. The van der Waals surface area contributed by atoms with Gasteiger partial charge in [0.15, 0.2) is 17.3 Å². The van der Waals surface area contributed by atoms with Crippen LogP contribution in [0.25, 0.3) is 22.0 Å². The second-order valence-electron chi connectivity index (χ2n) is 8.48. The molecule has 4 aromatic rings. The van der Waals surface area contributed by atoms with E-state index in [0.717, 1.165) is 42.7 Å². The first-order valence-corrected chi connectivity index (χ1v) is 11.9. The number of hydrogen-bond acceptors (Lipinski definition) is 9. The van der Waals surface area contributed by atoms with Crippen molar-refractivity contribution in [2.75, 3.05) is 43.5 Å². The highest BCUT2D eigenvalue weighted by Crippen LogP contribution is 2.40. The number of ether oxygens (including phenoxy) is 1. The van der Waals surface area contributed by atoms with Crippen LogP contribution >= 0.6 is 11.6 Å². The molecule has 0 atom stereocenters. The minimum absolute atomic E-state index is 0.115. The van der Waals surface area contributed by atoms with Crippen LogP contribution in [0.5, 0.6) is 11.5 Å². The number of hydrogen-bond donors (Lipinski definition) is 3. The molecule has 0 bridgehead atoms. The van der Waals surface area contributed by atoms with E-state index in [4.69, 9.17) is 16.3 Å². The summed E-state index contributed by atoms with van der Waals surface area (Å²) in [6.07, 6.45) is 5.01. The van der Waals surface area contributed by atoms with Crippen LogP contribution < -0.4 is 20.3 Å². The third kappa shape index (κ3) is 4.62. The fourth-order valence-corrected chi connectivity index (χ4v) is 4.44. The highest BCUT2D eigenvalue weighted by Gasteiger charge is 2.17. The van der Waals surface area contributed by atoms with Crippen molar-refractivity contribution in [3.63, 3.8) is 0 Å². The number of pyridine rings is 1. The molecule has 0 saturated carbocycles. The number of benzene rings is 2. The number of nitrogens with one attached hydrogen (secondary N) is 2. The van der Waals surface area contributed by atoms with Gasteiger partial charge in [-0.25, -0.2) is 9.97 Å². The number of phenols is 1. The quantitative estimate of drug-likeness (QED) is 0.328. The molecule has 1 aliphatic rings. The Morgan fingerprint density at radius 2 is 1.83 bits per heavy atom. The maximum Gasteiger partial charge on any atom is 0.225 e. The smallest absolute Gasteiger partial charge is 0.225 e. The molecule has 0 radical (unpaired) electrons. The zero-order valence-electron chi connectivity index (χ0n) is 19.9. The van der Waals surface area contributed by atoms with Crippen molar-refractivity contribution < 1.29 is 14.6 Å². The molecule has 0 amide bonds. The van der Waals surface area contributed by atoms with Crippen molar-refractivity contribution in [3.05, 3.63) is 59.5 Å². The summed E-state index contributed by atoms with van der Waals surface area (Å²) in [6, 6.07) is 9.07. The van der Waals surface area contributed by atoms with Crippen LogP contribution in [-0.4, -0.2) is 59.1 Å². The van der Waals surface area contributed by atoms with E-state index in [1.165, 1.54) is 14.0 Å². The van der Waals surface area contributed by atoms with E-state index in [1.807, 2.05) is 18.2 Å². The minimum Gasteiger partial charge on any atom is -0.503 e. The molecule has 184 valence electrons. The van der Waals surface area contributed by atoms with Crippen molar-refractivity contribution in [3.8, 4) is 22.6 Å². The van der Waals surface area contributed by atoms with Crippen LogP contribution in [0, 0.1) is 0 Å². The number of phenolic OH excluding ortho intramolecular Hbond substituents is 1. The largest absolute Gasteiger partial charge is 0.503 e. The van der Waals surface area contributed by atoms with Gasteiger partial charge in [0.2, 0.25) is 5.95 Å². The van der Waals surface area contributed by atoms with Gasteiger partial charge in [0.05, 0.1) is 47.0 Å². The number of halogens is 1. The van der Waals surface area contributed by atoms with E-state index < -0.39 is 0 Å². The normalized spacial score (nSPS) is 13.6. The summed E-state index contributed by atoms with van der Waals surface area (Å²) in [5.74, 6) is 0.711. The molecule has 9 nitrogen and oxygen atoms in total. The monoisotopic (exact) mass is 504 g/mol. The molecule has 1 saturated heterocycles.